The summed E-state index contributed by atoms with van der Waals surface area (Å²) in [6.07, 6.45) is 2.02. The molecule has 0 radical (unpaired) electrons. The molecule has 3 aromatic carbocycles. The topological polar surface area (TPSA) is 83.0 Å². The molecule has 1 aliphatic heterocycles. The summed E-state index contributed by atoms with van der Waals surface area (Å²) in [6, 6.07) is 16.8. The lowest BCUT2D eigenvalue weighted by Crippen LogP contribution is -2.20. The second-order valence-electron chi connectivity index (χ2n) is 7.77. The van der Waals surface area contributed by atoms with Crippen LogP contribution in [0.5, 0.6) is 11.5 Å². The van der Waals surface area contributed by atoms with Gasteiger partial charge in [0.25, 0.3) is 5.91 Å². The van der Waals surface area contributed by atoms with E-state index >= 15 is 0 Å². The predicted octanol–water partition coefficient (Wildman–Crippen LogP) is 4.80. The Balaban J connectivity index is 1.52. The fraction of sp³-hybridized carbons (Fsp3) is 0.160. The van der Waals surface area contributed by atoms with E-state index < -0.39 is 11.5 Å². The minimum absolute atomic E-state index is 0.0908. The van der Waals surface area contributed by atoms with E-state index in [1.54, 1.807) is 23.9 Å². The van der Waals surface area contributed by atoms with Crippen LogP contribution in [0.4, 0.5) is 0 Å². The molecule has 5 aromatic rings. The molecule has 2 aromatic heterocycles. The molecule has 0 saturated carbocycles. The molecule has 34 heavy (non-hydrogen) atoms. The Kier molecular flexibility index (Phi) is 5.15. The van der Waals surface area contributed by atoms with Crippen molar-refractivity contribution in [1.82, 2.24) is 4.57 Å². The van der Waals surface area contributed by atoms with Crippen LogP contribution in [-0.4, -0.2) is 29.3 Å². The molecule has 0 atom stereocenters. The fourth-order valence-electron chi connectivity index (χ4n) is 4.11. The Morgan fingerprint density at radius 3 is 2.76 bits per heavy atom. The van der Waals surface area contributed by atoms with Crippen molar-refractivity contribution in [2.45, 2.75) is 6.54 Å². The molecule has 9 heteroatoms. The third-order valence-electron chi connectivity index (χ3n) is 5.77. The first-order valence-electron chi connectivity index (χ1n) is 10.6. The van der Waals surface area contributed by atoms with Crippen LogP contribution in [0.1, 0.15) is 10.4 Å². The molecule has 0 N–H and O–H groups in total. The number of carbonyl (C=O) groups is 1. The maximum Gasteiger partial charge on any atom is 0.349 e. The van der Waals surface area contributed by atoms with E-state index in [-0.39, 0.29) is 12.4 Å². The molecule has 0 spiro atoms. The third-order valence-corrected chi connectivity index (χ3v) is 7.40. The minimum atomic E-state index is -0.700. The van der Waals surface area contributed by atoms with Crippen molar-refractivity contribution in [2.75, 3.05) is 18.8 Å². The summed E-state index contributed by atoms with van der Waals surface area (Å²) < 4.78 is 19.4. The smallest absolute Gasteiger partial charge is 0.349 e. The quantitative estimate of drug-likeness (QED) is 0.266. The summed E-state index contributed by atoms with van der Waals surface area (Å²) in [5, 5.41) is 2.61. The SMILES string of the molecule is CSCCn1c(=NC(=O)c2cc3c(ccc4ccccc43)oc2=O)sc2cc3c(cc21)OCO3. The fourth-order valence-corrected chi connectivity index (χ4v) is 5.54. The number of carbonyl (C=O) groups excluding carboxylic acids is 1. The molecule has 0 bridgehead atoms. The Labute approximate surface area is 201 Å². The van der Waals surface area contributed by atoms with Crippen LogP contribution in [-0.2, 0) is 6.54 Å². The highest BCUT2D eigenvalue weighted by Gasteiger charge is 2.19. The summed E-state index contributed by atoms with van der Waals surface area (Å²) in [7, 11) is 0. The standard InChI is InChI=1S/C25H18N2O5S2/c1-33-9-8-27-18-11-20-21(31-13-30-20)12-22(18)34-25(27)26-23(28)17-10-16-15-5-3-2-4-14(15)6-7-19(16)32-24(17)29/h2-7,10-12H,8-9,13H2,1H3. The number of hydrogen-bond acceptors (Lipinski definition) is 7. The van der Waals surface area contributed by atoms with Crippen LogP contribution in [0, 0.1) is 0 Å². The van der Waals surface area contributed by atoms with E-state index in [4.69, 9.17) is 13.9 Å². The first-order chi connectivity index (χ1) is 16.6. The van der Waals surface area contributed by atoms with Crippen molar-refractivity contribution >= 4 is 61.0 Å². The number of fused-ring (bicyclic) bond motifs is 5. The van der Waals surface area contributed by atoms with Gasteiger partial charge >= 0.3 is 5.63 Å². The van der Waals surface area contributed by atoms with Gasteiger partial charge in [-0.25, -0.2) is 4.79 Å². The van der Waals surface area contributed by atoms with Crippen molar-refractivity contribution < 1.29 is 18.7 Å². The normalized spacial score (nSPS) is 13.4. The summed E-state index contributed by atoms with van der Waals surface area (Å²) in [6.45, 7) is 0.851. The number of ether oxygens (including phenoxy) is 2. The average molecular weight is 491 g/mol. The Morgan fingerprint density at radius 1 is 1.09 bits per heavy atom. The molecule has 0 fully saturated rings. The number of thiazole rings is 1. The van der Waals surface area contributed by atoms with Gasteiger partial charge in [-0.1, -0.05) is 41.7 Å². The Bertz CT molecular complexity index is 1730. The van der Waals surface area contributed by atoms with Crippen molar-refractivity contribution in [3.63, 3.8) is 0 Å². The minimum Gasteiger partial charge on any atom is -0.454 e. The average Bonchev–Trinajstić information content (AvgIpc) is 3.43. The van der Waals surface area contributed by atoms with Crippen LogP contribution in [0.2, 0.25) is 0 Å². The molecule has 3 heterocycles. The maximum atomic E-state index is 13.2. The largest absolute Gasteiger partial charge is 0.454 e. The number of aromatic nitrogens is 1. The zero-order valence-electron chi connectivity index (χ0n) is 18.1. The van der Waals surface area contributed by atoms with Crippen LogP contribution >= 0.6 is 23.1 Å². The van der Waals surface area contributed by atoms with Gasteiger partial charge < -0.3 is 18.5 Å². The van der Waals surface area contributed by atoms with Gasteiger partial charge in [0.15, 0.2) is 16.3 Å². The molecule has 1 aliphatic rings. The number of hydrogen-bond donors (Lipinski definition) is 0. The monoisotopic (exact) mass is 490 g/mol. The molecular weight excluding hydrogens is 472 g/mol. The number of rotatable bonds is 4. The highest BCUT2D eigenvalue weighted by Crippen LogP contribution is 2.37. The predicted molar refractivity (Wildman–Crippen MR) is 134 cm³/mol. The first kappa shape index (κ1) is 21.0. The van der Waals surface area contributed by atoms with Crippen LogP contribution in [0.25, 0.3) is 32.0 Å². The van der Waals surface area contributed by atoms with E-state index in [0.29, 0.717) is 33.8 Å². The van der Waals surface area contributed by atoms with Gasteiger partial charge in [0.1, 0.15) is 11.1 Å². The number of aryl methyl sites for hydroxylation is 1. The summed E-state index contributed by atoms with van der Waals surface area (Å²) >= 11 is 3.07. The lowest BCUT2D eigenvalue weighted by atomic mass is 10.0. The van der Waals surface area contributed by atoms with Gasteiger partial charge in [0.2, 0.25) is 6.79 Å². The van der Waals surface area contributed by atoms with Gasteiger partial charge in [-0.2, -0.15) is 16.8 Å². The second kappa shape index (κ2) is 8.34. The third kappa shape index (κ3) is 3.48. The lowest BCUT2D eigenvalue weighted by Gasteiger charge is -2.05. The Morgan fingerprint density at radius 2 is 1.91 bits per heavy atom. The summed E-state index contributed by atoms with van der Waals surface area (Å²) in [5.74, 6) is 1.55. The van der Waals surface area contributed by atoms with Crippen molar-refractivity contribution in [1.29, 1.82) is 0 Å². The number of nitrogens with zero attached hydrogens (tertiary/aromatic N) is 2. The van der Waals surface area contributed by atoms with E-state index in [1.807, 2.05) is 53.3 Å². The van der Waals surface area contributed by atoms with Crippen molar-refractivity contribution in [2.24, 2.45) is 4.99 Å². The van der Waals surface area contributed by atoms with E-state index in [0.717, 1.165) is 26.7 Å². The zero-order chi connectivity index (χ0) is 23.2. The van der Waals surface area contributed by atoms with Gasteiger partial charge in [0, 0.05) is 29.8 Å². The zero-order valence-corrected chi connectivity index (χ0v) is 19.7. The van der Waals surface area contributed by atoms with E-state index in [1.165, 1.54) is 11.3 Å². The highest BCUT2D eigenvalue weighted by molar-refractivity contribution is 7.98. The highest BCUT2D eigenvalue weighted by atomic mass is 32.2. The number of benzene rings is 3. The van der Waals surface area contributed by atoms with E-state index in [9.17, 15) is 9.59 Å². The number of amides is 1. The molecule has 0 aliphatic carbocycles. The Hall–Kier alpha value is -3.56. The van der Waals surface area contributed by atoms with Gasteiger partial charge in [-0.15, -0.1) is 0 Å². The molecule has 1 amide bonds. The second-order valence-corrected chi connectivity index (χ2v) is 9.76. The molecule has 0 saturated heterocycles. The molecule has 170 valence electrons. The van der Waals surface area contributed by atoms with Gasteiger partial charge in [0.05, 0.1) is 10.2 Å². The van der Waals surface area contributed by atoms with Crippen LogP contribution < -0.4 is 19.9 Å². The summed E-state index contributed by atoms with van der Waals surface area (Å²) in [4.78, 5) is 30.8. The van der Waals surface area contributed by atoms with Gasteiger partial charge in [-0.3, -0.25) is 4.79 Å². The molecule has 6 rings (SSSR count). The summed E-state index contributed by atoms with van der Waals surface area (Å²) in [5.41, 5.74) is 0.555. The van der Waals surface area contributed by atoms with Crippen LogP contribution in [0.15, 0.2) is 68.8 Å². The van der Waals surface area contributed by atoms with Crippen LogP contribution in [0.3, 0.4) is 0 Å². The van der Waals surface area contributed by atoms with Crippen molar-refractivity contribution in [3.05, 3.63) is 75.4 Å². The molecular formula is C25H18N2O5S2. The van der Waals surface area contributed by atoms with Gasteiger partial charge in [-0.05, 0) is 29.2 Å². The lowest BCUT2D eigenvalue weighted by molar-refractivity contribution is 0.0994. The maximum absolute atomic E-state index is 13.2. The molecule has 7 nitrogen and oxygen atoms in total. The van der Waals surface area contributed by atoms with E-state index in [2.05, 4.69) is 4.99 Å². The number of thioether (sulfide) groups is 1. The van der Waals surface area contributed by atoms with Crippen molar-refractivity contribution in [3.8, 4) is 11.5 Å². The molecule has 0 unspecified atom stereocenters. The first-order valence-corrected chi connectivity index (χ1v) is 12.8.